The van der Waals surface area contributed by atoms with Gasteiger partial charge >= 0.3 is 0 Å². The molecule has 1 aromatic heterocycles. The van der Waals surface area contributed by atoms with E-state index < -0.39 is 0 Å². The normalized spacial score (nSPS) is 24.6. The van der Waals surface area contributed by atoms with Gasteiger partial charge in [-0.25, -0.2) is 0 Å². The Hall–Kier alpha value is -0.700. The molecule has 2 heterocycles. The summed E-state index contributed by atoms with van der Waals surface area (Å²) in [6.45, 7) is 3.24. The van der Waals surface area contributed by atoms with E-state index in [1.807, 2.05) is 4.68 Å². The highest BCUT2D eigenvalue weighted by molar-refractivity contribution is 6.17. The molecule has 1 unspecified atom stereocenters. The fourth-order valence-corrected chi connectivity index (χ4v) is 4.41. The van der Waals surface area contributed by atoms with E-state index in [9.17, 15) is 0 Å². The summed E-state index contributed by atoms with van der Waals surface area (Å²) in [6, 6.07) is 0.722. The van der Waals surface area contributed by atoms with Crippen molar-refractivity contribution >= 4 is 17.4 Å². The third kappa shape index (κ3) is 2.26. The first kappa shape index (κ1) is 13.3. The summed E-state index contributed by atoms with van der Waals surface area (Å²) in [4.78, 5) is 2.60. The average Bonchev–Trinajstić information content (AvgIpc) is 3.07. The van der Waals surface area contributed by atoms with Crippen LogP contribution < -0.4 is 4.90 Å². The minimum atomic E-state index is 0.572. The first-order chi connectivity index (χ1) is 9.22. The zero-order valence-electron chi connectivity index (χ0n) is 12.0. The van der Waals surface area contributed by atoms with Crippen LogP contribution in [-0.4, -0.2) is 22.4 Å². The van der Waals surface area contributed by atoms with Crippen molar-refractivity contribution < 1.29 is 0 Å². The second-order valence-electron chi connectivity index (χ2n) is 6.09. The molecule has 1 saturated heterocycles. The zero-order valence-corrected chi connectivity index (χ0v) is 12.8. The Kier molecular flexibility index (Phi) is 3.75. The molecule has 0 bridgehead atoms. The summed E-state index contributed by atoms with van der Waals surface area (Å²) in [6.07, 6.45) is 8.32. The molecular weight excluding hydrogens is 258 g/mol. The lowest BCUT2D eigenvalue weighted by molar-refractivity contribution is 0.426. The lowest BCUT2D eigenvalue weighted by atomic mass is 9.96. The van der Waals surface area contributed by atoms with E-state index in [1.165, 1.54) is 56.5 Å². The minimum absolute atomic E-state index is 0.572. The van der Waals surface area contributed by atoms with Gasteiger partial charge in [0, 0.05) is 25.2 Å². The summed E-state index contributed by atoms with van der Waals surface area (Å²) < 4.78 is 2.04. The van der Waals surface area contributed by atoms with Gasteiger partial charge in [0.05, 0.1) is 11.6 Å². The van der Waals surface area contributed by atoms with Gasteiger partial charge in [0.2, 0.25) is 0 Å². The van der Waals surface area contributed by atoms with E-state index in [-0.39, 0.29) is 0 Å². The fraction of sp³-hybridized carbons (Fsp3) is 0.800. The largest absolute Gasteiger partial charge is 0.353 e. The van der Waals surface area contributed by atoms with Crippen LogP contribution in [0.5, 0.6) is 0 Å². The molecule has 106 valence electrons. The third-order valence-electron chi connectivity index (χ3n) is 4.96. The second kappa shape index (κ2) is 5.35. The maximum atomic E-state index is 6.16. The number of anilines is 1. The van der Waals surface area contributed by atoms with Crippen molar-refractivity contribution in [2.45, 2.75) is 57.4 Å². The molecule has 1 atom stereocenters. The maximum absolute atomic E-state index is 6.16. The van der Waals surface area contributed by atoms with Crippen LogP contribution in [0.1, 0.15) is 49.8 Å². The molecule has 3 rings (SSSR count). The van der Waals surface area contributed by atoms with Gasteiger partial charge in [-0.1, -0.05) is 12.8 Å². The third-order valence-corrected chi connectivity index (χ3v) is 5.23. The Morgan fingerprint density at radius 2 is 1.95 bits per heavy atom. The Morgan fingerprint density at radius 1 is 1.21 bits per heavy atom. The van der Waals surface area contributed by atoms with Gasteiger partial charge in [-0.15, -0.1) is 11.6 Å². The maximum Gasteiger partial charge on any atom is 0.131 e. The van der Waals surface area contributed by atoms with E-state index in [2.05, 4.69) is 24.0 Å². The predicted molar refractivity (Wildman–Crippen MR) is 79.8 cm³/mol. The second-order valence-corrected chi connectivity index (χ2v) is 6.36. The summed E-state index contributed by atoms with van der Waals surface area (Å²) in [5.41, 5.74) is 2.32. The van der Waals surface area contributed by atoms with Crippen molar-refractivity contribution in [1.29, 1.82) is 0 Å². The molecule has 3 nitrogen and oxygen atoms in total. The highest BCUT2D eigenvalue weighted by atomic mass is 35.5. The van der Waals surface area contributed by atoms with Crippen LogP contribution in [0.4, 0.5) is 5.82 Å². The molecule has 0 amide bonds. The van der Waals surface area contributed by atoms with Gasteiger partial charge < -0.3 is 4.90 Å². The highest BCUT2D eigenvalue weighted by Gasteiger charge is 2.35. The first-order valence-electron chi connectivity index (χ1n) is 7.57. The molecule has 1 aliphatic carbocycles. The highest BCUT2D eigenvalue weighted by Crippen LogP contribution is 2.39. The summed E-state index contributed by atoms with van der Waals surface area (Å²) in [5, 5.41) is 4.58. The lowest BCUT2D eigenvalue weighted by Crippen LogP contribution is -2.36. The van der Waals surface area contributed by atoms with E-state index >= 15 is 0 Å². The number of aromatic nitrogens is 2. The monoisotopic (exact) mass is 281 g/mol. The van der Waals surface area contributed by atoms with Crippen LogP contribution >= 0.6 is 11.6 Å². The van der Waals surface area contributed by atoms with E-state index in [0.29, 0.717) is 5.88 Å². The number of hydrogen-bond acceptors (Lipinski definition) is 2. The van der Waals surface area contributed by atoms with Crippen LogP contribution in [-0.2, 0) is 12.9 Å². The summed E-state index contributed by atoms with van der Waals surface area (Å²) in [7, 11) is 2.06. The molecule has 4 heteroatoms. The molecule has 0 spiro atoms. The smallest absolute Gasteiger partial charge is 0.131 e. The van der Waals surface area contributed by atoms with Gasteiger partial charge in [0.1, 0.15) is 5.82 Å². The van der Waals surface area contributed by atoms with Crippen LogP contribution in [0, 0.1) is 12.8 Å². The van der Waals surface area contributed by atoms with Gasteiger partial charge in [-0.2, -0.15) is 5.10 Å². The van der Waals surface area contributed by atoms with Gasteiger partial charge in [0.15, 0.2) is 0 Å². The number of halogens is 1. The standard InChI is InChI=1S/C15H24ClN3/c1-11-13(10-16)15(18(2)17-11)19-9-5-8-14(19)12-6-3-4-7-12/h12,14H,3-10H2,1-2H3. The Labute approximate surface area is 120 Å². The van der Waals surface area contributed by atoms with Crippen molar-refractivity contribution in [1.82, 2.24) is 9.78 Å². The van der Waals surface area contributed by atoms with Gasteiger partial charge in [0.25, 0.3) is 0 Å². The van der Waals surface area contributed by atoms with E-state index in [0.717, 1.165) is 17.7 Å². The van der Waals surface area contributed by atoms with E-state index in [1.54, 1.807) is 0 Å². The topological polar surface area (TPSA) is 21.1 Å². The van der Waals surface area contributed by atoms with Gasteiger partial charge in [-0.3, -0.25) is 4.68 Å². The SMILES string of the molecule is Cc1nn(C)c(N2CCCC2C2CCCC2)c1CCl. The minimum Gasteiger partial charge on any atom is -0.353 e. The molecule has 0 N–H and O–H groups in total. The van der Waals surface area contributed by atoms with Crippen LogP contribution in [0.3, 0.4) is 0 Å². The number of alkyl halides is 1. The zero-order chi connectivity index (χ0) is 13.4. The first-order valence-corrected chi connectivity index (χ1v) is 8.11. The Bertz CT molecular complexity index is 448. The van der Waals surface area contributed by atoms with E-state index in [4.69, 9.17) is 11.6 Å². The average molecular weight is 282 g/mol. The number of aryl methyl sites for hydroxylation is 2. The Balaban J connectivity index is 1.91. The number of rotatable bonds is 3. The molecule has 1 saturated carbocycles. The van der Waals surface area contributed by atoms with Crippen molar-refractivity contribution in [2.75, 3.05) is 11.4 Å². The van der Waals surface area contributed by atoms with Crippen molar-refractivity contribution in [2.24, 2.45) is 13.0 Å². The summed E-state index contributed by atoms with van der Waals surface area (Å²) >= 11 is 6.16. The predicted octanol–water partition coefficient (Wildman–Crippen LogP) is 3.63. The molecular formula is C15H24ClN3. The quantitative estimate of drug-likeness (QED) is 0.789. The molecule has 0 radical (unpaired) electrons. The lowest BCUT2D eigenvalue weighted by Gasteiger charge is -2.31. The number of nitrogens with zero attached hydrogens (tertiary/aromatic N) is 3. The van der Waals surface area contributed by atoms with Crippen LogP contribution in [0.2, 0.25) is 0 Å². The number of hydrogen-bond donors (Lipinski definition) is 0. The van der Waals surface area contributed by atoms with Crippen molar-refractivity contribution in [3.8, 4) is 0 Å². The fourth-order valence-electron chi connectivity index (χ4n) is 4.09. The van der Waals surface area contributed by atoms with Crippen LogP contribution in [0.15, 0.2) is 0 Å². The molecule has 0 aromatic carbocycles. The molecule has 2 fully saturated rings. The summed E-state index contributed by atoms with van der Waals surface area (Å²) in [5.74, 6) is 2.74. The van der Waals surface area contributed by atoms with Gasteiger partial charge in [-0.05, 0) is 38.5 Å². The van der Waals surface area contributed by atoms with Crippen LogP contribution in [0.25, 0.3) is 0 Å². The molecule has 2 aliphatic rings. The Morgan fingerprint density at radius 3 is 2.63 bits per heavy atom. The molecule has 1 aliphatic heterocycles. The van der Waals surface area contributed by atoms with Crippen molar-refractivity contribution in [3.05, 3.63) is 11.3 Å². The molecule has 1 aromatic rings. The van der Waals surface area contributed by atoms with Crippen molar-refractivity contribution in [3.63, 3.8) is 0 Å². The molecule has 19 heavy (non-hydrogen) atoms.